The molecule has 1 aliphatic rings. The molecule has 1 aromatic heterocycles. The lowest BCUT2D eigenvalue weighted by Crippen LogP contribution is -2.40. The Balaban J connectivity index is 1.79. The molecule has 1 aromatic carbocycles. The summed E-state index contributed by atoms with van der Waals surface area (Å²) >= 11 is 0. The standard InChI is InChI=1S/C17H21N3O2/c1-11-5-7-12(8-6-11)16-15(19-10-22-16)17(21)20-14-4-2-3-13(14)9-18/h5-8,10,13-14H,2-4,9,18H2,1H3,(H,20,21). The van der Waals surface area contributed by atoms with Crippen molar-refractivity contribution in [3.05, 3.63) is 41.9 Å². The van der Waals surface area contributed by atoms with Gasteiger partial charge in [-0.25, -0.2) is 4.98 Å². The van der Waals surface area contributed by atoms with Gasteiger partial charge < -0.3 is 15.5 Å². The van der Waals surface area contributed by atoms with Crippen molar-refractivity contribution < 1.29 is 9.21 Å². The van der Waals surface area contributed by atoms with Crippen LogP contribution in [0.1, 0.15) is 35.3 Å². The van der Waals surface area contributed by atoms with E-state index in [0.717, 1.165) is 30.4 Å². The SMILES string of the molecule is Cc1ccc(-c2ocnc2C(=O)NC2CCCC2CN)cc1. The number of amides is 1. The van der Waals surface area contributed by atoms with Crippen molar-refractivity contribution in [1.82, 2.24) is 10.3 Å². The fourth-order valence-electron chi connectivity index (χ4n) is 3.06. The number of hydrogen-bond donors (Lipinski definition) is 2. The molecule has 0 bridgehead atoms. The zero-order valence-corrected chi connectivity index (χ0v) is 12.7. The molecule has 0 saturated heterocycles. The number of nitrogens with one attached hydrogen (secondary N) is 1. The van der Waals surface area contributed by atoms with Crippen molar-refractivity contribution >= 4 is 5.91 Å². The van der Waals surface area contributed by atoms with E-state index in [0.29, 0.717) is 23.9 Å². The number of carbonyl (C=O) groups excluding carboxylic acids is 1. The lowest BCUT2D eigenvalue weighted by atomic mass is 10.0. The molecule has 22 heavy (non-hydrogen) atoms. The summed E-state index contributed by atoms with van der Waals surface area (Å²) in [6.07, 6.45) is 4.48. The predicted octanol–water partition coefficient (Wildman–Crippen LogP) is 2.51. The Morgan fingerprint density at radius 2 is 2.14 bits per heavy atom. The number of nitrogens with zero attached hydrogens (tertiary/aromatic N) is 1. The zero-order valence-electron chi connectivity index (χ0n) is 12.7. The summed E-state index contributed by atoms with van der Waals surface area (Å²) in [5.74, 6) is 0.688. The van der Waals surface area contributed by atoms with E-state index < -0.39 is 0 Å². The van der Waals surface area contributed by atoms with E-state index in [9.17, 15) is 4.79 Å². The molecule has 0 radical (unpaired) electrons. The summed E-state index contributed by atoms with van der Waals surface area (Å²) in [5, 5.41) is 3.06. The molecule has 5 heteroatoms. The van der Waals surface area contributed by atoms with E-state index in [1.165, 1.54) is 6.39 Å². The quantitative estimate of drug-likeness (QED) is 0.909. The molecule has 2 aromatic rings. The second-order valence-electron chi connectivity index (χ2n) is 5.90. The van der Waals surface area contributed by atoms with Gasteiger partial charge in [-0.1, -0.05) is 36.2 Å². The Kier molecular flexibility index (Phi) is 4.24. The summed E-state index contributed by atoms with van der Waals surface area (Å²) in [4.78, 5) is 16.6. The zero-order chi connectivity index (χ0) is 15.5. The third kappa shape index (κ3) is 2.90. The first-order valence-electron chi connectivity index (χ1n) is 7.70. The predicted molar refractivity (Wildman–Crippen MR) is 84.3 cm³/mol. The lowest BCUT2D eigenvalue weighted by molar-refractivity contribution is 0.0924. The number of hydrogen-bond acceptors (Lipinski definition) is 4. The van der Waals surface area contributed by atoms with Gasteiger partial charge in [0.25, 0.3) is 5.91 Å². The summed E-state index contributed by atoms with van der Waals surface area (Å²) < 4.78 is 5.43. The Bertz CT molecular complexity index is 648. The smallest absolute Gasteiger partial charge is 0.274 e. The van der Waals surface area contributed by atoms with Gasteiger partial charge in [-0.05, 0) is 32.2 Å². The Morgan fingerprint density at radius 3 is 2.86 bits per heavy atom. The highest BCUT2D eigenvalue weighted by Gasteiger charge is 2.29. The number of benzene rings is 1. The second-order valence-corrected chi connectivity index (χ2v) is 5.90. The maximum atomic E-state index is 12.5. The average molecular weight is 299 g/mol. The van der Waals surface area contributed by atoms with E-state index in [4.69, 9.17) is 10.2 Å². The minimum Gasteiger partial charge on any atom is -0.443 e. The van der Waals surface area contributed by atoms with Crippen LogP contribution in [0, 0.1) is 12.8 Å². The van der Waals surface area contributed by atoms with Crippen molar-refractivity contribution in [1.29, 1.82) is 0 Å². The van der Waals surface area contributed by atoms with Gasteiger partial charge >= 0.3 is 0 Å². The molecule has 1 amide bonds. The molecule has 3 N–H and O–H groups in total. The van der Waals surface area contributed by atoms with Crippen LogP contribution >= 0.6 is 0 Å². The topological polar surface area (TPSA) is 81.2 Å². The molecule has 3 rings (SSSR count). The van der Waals surface area contributed by atoms with E-state index >= 15 is 0 Å². The maximum absolute atomic E-state index is 12.5. The summed E-state index contributed by atoms with van der Waals surface area (Å²) in [5.41, 5.74) is 8.12. The molecule has 2 unspecified atom stereocenters. The van der Waals surface area contributed by atoms with Crippen molar-refractivity contribution in [3.8, 4) is 11.3 Å². The molecule has 5 nitrogen and oxygen atoms in total. The number of nitrogens with two attached hydrogens (primary N) is 1. The molecule has 1 aliphatic carbocycles. The molecular formula is C17H21N3O2. The summed E-state index contributed by atoms with van der Waals surface area (Å²) in [6, 6.07) is 7.98. The number of rotatable bonds is 4. The van der Waals surface area contributed by atoms with E-state index in [1.54, 1.807) is 0 Å². The van der Waals surface area contributed by atoms with E-state index in [1.807, 2.05) is 31.2 Å². The van der Waals surface area contributed by atoms with E-state index in [2.05, 4.69) is 10.3 Å². The van der Waals surface area contributed by atoms with Crippen molar-refractivity contribution in [2.45, 2.75) is 32.2 Å². The molecule has 2 atom stereocenters. The number of oxazole rings is 1. The largest absolute Gasteiger partial charge is 0.443 e. The Hall–Kier alpha value is -2.14. The molecule has 0 spiro atoms. The molecular weight excluding hydrogens is 278 g/mol. The highest BCUT2D eigenvalue weighted by molar-refractivity contribution is 5.97. The average Bonchev–Trinajstić information content (AvgIpc) is 3.16. The molecule has 0 aliphatic heterocycles. The Labute approximate surface area is 129 Å². The molecule has 116 valence electrons. The third-order valence-corrected chi connectivity index (χ3v) is 4.37. The van der Waals surface area contributed by atoms with Crippen LogP contribution in [0.25, 0.3) is 11.3 Å². The summed E-state index contributed by atoms with van der Waals surface area (Å²) in [7, 11) is 0. The van der Waals surface area contributed by atoms with Crippen LogP contribution in [0.5, 0.6) is 0 Å². The normalized spacial score (nSPS) is 21.0. The Morgan fingerprint density at radius 1 is 1.36 bits per heavy atom. The number of aromatic nitrogens is 1. The van der Waals surface area contributed by atoms with Crippen molar-refractivity contribution in [2.75, 3.05) is 6.54 Å². The minimum absolute atomic E-state index is 0.139. The third-order valence-electron chi connectivity index (χ3n) is 4.37. The van der Waals surface area contributed by atoms with E-state index in [-0.39, 0.29) is 11.9 Å². The molecule has 1 saturated carbocycles. The minimum atomic E-state index is -0.185. The second kappa shape index (κ2) is 6.32. The lowest BCUT2D eigenvalue weighted by Gasteiger charge is -2.18. The van der Waals surface area contributed by atoms with Crippen LogP contribution in [0.3, 0.4) is 0 Å². The molecule has 1 heterocycles. The first-order valence-corrected chi connectivity index (χ1v) is 7.70. The van der Waals surface area contributed by atoms with Crippen LogP contribution in [0.2, 0.25) is 0 Å². The first kappa shape index (κ1) is 14.8. The number of carbonyl (C=O) groups is 1. The van der Waals surface area contributed by atoms with Crippen LogP contribution in [-0.4, -0.2) is 23.5 Å². The van der Waals surface area contributed by atoms with Crippen LogP contribution in [-0.2, 0) is 0 Å². The number of aryl methyl sites for hydroxylation is 1. The maximum Gasteiger partial charge on any atom is 0.274 e. The van der Waals surface area contributed by atoms with Crippen LogP contribution in [0.15, 0.2) is 35.1 Å². The monoisotopic (exact) mass is 299 g/mol. The fraction of sp³-hybridized carbons (Fsp3) is 0.412. The molecule has 1 fully saturated rings. The van der Waals surface area contributed by atoms with Gasteiger partial charge in [-0.15, -0.1) is 0 Å². The van der Waals surface area contributed by atoms with Gasteiger partial charge in [0.1, 0.15) is 0 Å². The first-order chi connectivity index (χ1) is 10.7. The van der Waals surface area contributed by atoms with Gasteiger partial charge in [0.2, 0.25) is 0 Å². The van der Waals surface area contributed by atoms with Crippen molar-refractivity contribution in [2.24, 2.45) is 11.7 Å². The summed E-state index contributed by atoms with van der Waals surface area (Å²) in [6.45, 7) is 2.62. The van der Waals surface area contributed by atoms with Crippen molar-refractivity contribution in [3.63, 3.8) is 0 Å². The van der Waals surface area contributed by atoms with Gasteiger partial charge in [-0.2, -0.15) is 0 Å². The fourth-order valence-corrected chi connectivity index (χ4v) is 3.06. The highest BCUT2D eigenvalue weighted by atomic mass is 16.3. The van der Waals surface area contributed by atoms with Gasteiger partial charge in [0.15, 0.2) is 17.8 Å². The van der Waals surface area contributed by atoms with Gasteiger partial charge in [-0.3, -0.25) is 4.79 Å². The van der Waals surface area contributed by atoms with Crippen LogP contribution in [0.4, 0.5) is 0 Å². The van der Waals surface area contributed by atoms with Crippen LogP contribution < -0.4 is 11.1 Å². The van der Waals surface area contributed by atoms with Gasteiger partial charge in [0, 0.05) is 11.6 Å². The highest BCUT2D eigenvalue weighted by Crippen LogP contribution is 2.27. The van der Waals surface area contributed by atoms with Gasteiger partial charge in [0.05, 0.1) is 0 Å².